The maximum Gasteiger partial charge on any atom is 0.248 e. The number of hydrogen-bond donors (Lipinski definition) is 2. The fraction of sp³-hybridized carbons (Fsp3) is 0.0500. The molecule has 0 bridgehead atoms. The molecule has 0 radical (unpaired) electrons. The zero-order chi connectivity index (χ0) is 18.3. The molecule has 0 fully saturated rings. The average molecular weight is 344 g/mol. The molecule has 0 unspecified atom stereocenters. The van der Waals surface area contributed by atoms with Crippen molar-refractivity contribution in [2.45, 2.75) is 6.92 Å². The molecule has 0 spiro atoms. The minimum Gasteiger partial charge on any atom is -0.339 e. The first-order chi connectivity index (χ1) is 12.5. The number of H-pyrrole nitrogens is 1. The van der Waals surface area contributed by atoms with E-state index >= 15 is 0 Å². The molecule has 126 valence electrons. The van der Waals surface area contributed by atoms with Crippen LogP contribution in [0.15, 0.2) is 53.5 Å². The normalized spacial score (nSPS) is 10.8. The number of rotatable bonds is 2. The van der Waals surface area contributed by atoms with Crippen molar-refractivity contribution in [3.63, 3.8) is 0 Å². The first-order valence-corrected chi connectivity index (χ1v) is 7.94. The Bertz CT molecular complexity index is 1270. The average Bonchev–Trinajstić information content (AvgIpc) is 2.64. The lowest BCUT2D eigenvalue weighted by Crippen LogP contribution is -2.05. The van der Waals surface area contributed by atoms with E-state index in [0.29, 0.717) is 33.1 Å². The van der Waals surface area contributed by atoms with Gasteiger partial charge >= 0.3 is 0 Å². The Kier molecular flexibility index (Phi) is 3.63. The molecule has 4 aromatic rings. The van der Waals surface area contributed by atoms with E-state index in [1.165, 1.54) is 18.2 Å². The van der Waals surface area contributed by atoms with E-state index < -0.39 is 0 Å². The van der Waals surface area contributed by atoms with Crippen LogP contribution in [0.1, 0.15) is 11.1 Å². The lowest BCUT2D eigenvalue weighted by molar-refractivity contribution is 0.629. The second-order valence-electron chi connectivity index (χ2n) is 6.01. The van der Waals surface area contributed by atoms with Gasteiger partial charge in [0.25, 0.3) is 0 Å². The van der Waals surface area contributed by atoms with Gasteiger partial charge in [0.1, 0.15) is 11.6 Å². The third-order valence-corrected chi connectivity index (χ3v) is 4.28. The van der Waals surface area contributed by atoms with Gasteiger partial charge in [-0.25, -0.2) is 9.37 Å². The highest BCUT2D eigenvalue weighted by Crippen LogP contribution is 2.31. The molecule has 2 N–H and O–H groups in total. The second kappa shape index (κ2) is 5.97. The van der Waals surface area contributed by atoms with Crippen molar-refractivity contribution in [1.82, 2.24) is 9.97 Å². The van der Waals surface area contributed by atoms with Crippen molar-refractivity contribution in [2.75, 3.05) is 5.32 Å². The Hall–Kier alpha value is -3.72. The summed E-state index contributed by atoms with van der Waals surface area (Å²) in [6.07, 6.45) is 1.56. The number of halogens is 1. The number of benzene rings is 2. The van der Waals surface area contributed by atoms with E-state index in [0.717, 1.165) is 11.3 Å². The molecule has 0 amide bonds. The number of fused-ring (bicyclic) bond motifs is 3. The molecule has 0 aliphatic carbocycles. The molecule has 2 aromatic carbocycles. The monoisotopic (exact) mass is 344 g/mol. The minimum absolute atomic E-state index is 0.277. The van der Waals surface area contributed by atoms with Crippen LogP contribution in [0.25, 0.3) is 21.7 Å². The number of hydrogen-bond acceptors (Lipinski definition) is 4. The maximum absolute atomic E-state index is 13.7. The molecule has 0 saturated carbocycles. The van der Waals surface area contributed by atoms with Crippen molar-refractivity contribution in [1.29, 1.82) is 5.26 Å². The van der Waals surface area contributed by atoms with Gasteiger partial charge in [-0.15, -0.1) is 0 Å². The fourth-order valence-electron chi connectivity index (χ4n) is 2.94. The summed E-state index contributed by atoms with van der Waals surface area (Å²) in [6.45, 7) is 1.91. The predicted molar refractivity (Wildman–Crippen MR) is 99.0 cm³/mol. The van der Waals surface area contributed by atoms with Crippen molar-refractivity contribution in [2.24, 2.45) is 0 Å². The zero-order valence-corrected chi connectivity index (χ0v) is 13.8. The third-order valence-electron chi connectivity index (χ3n) is 4.28. The second-order valence-corrected chi connectivity index (χ2v) is 6.01. The highest BCUT2D eigenvalue weighted by Gasteiger charge is 2.11. The summed E-state index contributed by atoms with van der Waals surface area (Å²) in [4.78, 5) is 19.0. The standard InChI is InChI=1S/C20H13FN4O/c1-11-2-3-12(9-22)6-18(11)25-20-15-8-19(26)23-10-16(15)14-7-13(21)4-5-17(14)24-20/h2-8,10H,1H3,(H,23,26)(H,24,25). The molecule has 2 aromatic heterocycles. The van der Waals surface area contributed by atoms with E-state index in [4.69, 9.17) is 5.26 Å². The maximum atomic E-state index is 13.7. The fourth-order valence-corrected chi connectivity index (χ4v) is 2.94. The number of aromatic nitrogens is 2. The Morgan fingerprint density at radius 3 is 2.77 bits per heavy atom. The van der Waals surface area contributed by atoms with Gasteiger partial charge in [-0.05, 0) is 42.8 Å². The van der Waals surface area contributed by atoms with Crippen LogP contribution in [-0.2, 0) is 0 Å². The summed E-state index contributed by atoms with van der Waals surface area (Å²) in [5, 5.41) is 14.2. The van der Waals surface area contributed by atoms with Crippen LogP contribution in [0.5, 0.6) is 0 Å². The Morgan fingerprint density at radius 1 is 1.12 bits per heavy atom. The number of nitrogens with zero attached hydrogens (tertiary/aromatic N) is 2. The number of nitriles is 1. The Morgan fingerprint density at radius 2 is 1.96 bits per heavy atom. The quantitative estimate of drug-likeness (QED) is 0.536. The molecule has 6 heteroatoms. The molecular formula is C20H13FN4O. The molecule has 5 nitrogen and oxygen atoms in total. The summed E-state index contributed by atoms with van der Waals surface area (Å²) in [7, 11) is 0. The first kappa shape index (κ1) is 15.8. The van der Waals surface area contributed by atoms with Crippen LogP contribution >= 0.6 is 0 Å². The molecule has 26 heavy (non-hydrogen) atoms. The number of aromatic amines is 1. The zero-order valence-electron chi connectivity index (χ0n) is 13.8. The molecular weight excluding hydrogens is 331 g/mol. The van der Waals surface area contributed by atoms with Gasteiger partial charge in [-0.2, -0.15) is 5.26 Å². The van der Waals surface area contributed by atoms with Crippen LogP contribution < -0.4 is 10.9 Å². The Balaban J connectivity index is 2.00. The van der Waals surface area contributed by atoms with Crippen LogP contribution in [0.2, 0.25) is 0 Å². The third kappa shape index (κ3) is 2.66. The van der Waals surface area contributed by atoms with Crippen LogP contribution in [-0.4, -0.2) is 9.97 Å². The molecule has 0 aliphatic heterocycles. The van der Waals surface area contributed by atoms with Crippen molar-refractivity contribution < 1.29 is 4.39 Å². The van der Waals surface area contributed by atoms with E-state index in [9.17, 15) is 9.18 Å². The van der Waals surface area contributed by atoms with Crippen LogP contribution in [0.4, 0.5) is 15.9 Å². The van der Waals surface area contributed by atoms with E-state index in [2.05, 4.69) is 21.4 Å². The smallest absolute Gasteiger partial charge is 0.248 e. The topological polar surface area (TPSA) is 81.6 Å². The molecule has 0 aliphatic rings. The molecule has 0 saturated heterocycles. The van der Waals surface area contributed by atoms with Gasteiger partial charge in [0.15, 0.2) is 0 Å². The number of nitrogens with one attached hydrogen (secondary N) is 2. The summed E-state index contributed by atoms with van der Waals surface area (Å²) >= 11 is 0. The highest BCUT2D eigenvalue weighted by atomic mass is 19.1. The largest absolute Gasteiger partial charge is 0.339 e. The van der Waals surface area contributed by atoms with Crippen LogP contribution in [0.3, 0.4) is 0 Å². The summed E-state index contributed by atoms with van der Waals surface area (Å²) in [5.74, 6) is 0.105. The van der Waals surface area contributed by atoms with E-state index in [1.54, 1.807) is 24.4 Å². The van der Waals surface area contributed by atoms with Gasteiger partial charge < -0.3 is 10.3 Å². The van der Waals surface area contributed by atoms with Crippen molar-refractivity contribution in [3.8, 4) is 6.07 Å². The van der Waals surface area contributed by atoms with Gasteiger partial charge in [-0.3, -0.25) is 4.79 Å². The summed E-state index contributed by atoms with van der Waals surface area (Å²) < 4.78 is 13.7. The van der Waals surface area contributed by atoms with E-state index in [1.807, 2.05) is 13.0 Å². The van der Waals surface area contributed by atoms with Gasteiger partial charge in [-0.1, -0.05) is 6.07 Å². The lowest BCUT2D eigenvalue weighted by Gasteiger charge is -2.13. The minimum atomic E-state index is -0.370. The van der Waals surface area contributed by atoms with Gasteiger partial charge in [0.2, 0.25) is 5.56 Å². The number of anilines is 2. The highest BCUT2D eigenvalue weighted by molar-refractivity contribution is 6.10. The summed E-state index contributed by atoms with van der Waals surface area (Å²) in [5.41, 5.74) is 2.49. The predicted octanol–water partition coefficient (Wildman–Crippen LogP) is 4.14. The molecule has 0 atom stereocenters. The van der Waals surface area contributed by atoms with Crippen molar-refractivity contribution >= 4 is 33.2 Å². The first-order valence-electron chi connectivity index (χ1n) is 7.94. The Labute approximate surface area is 147 Å². The van der Waals surface area contributed by atoms with Crippen LogP contribution in [0, 0.1) is 24.1 Å². The summed E-state index contributed by atoms with van der Waals surface area (Å²) in [6, 6.07) is 13.2. The molecule has 2 heterocycles. The number of aryl methyl sites for hydroxylation is 1. The van der Waals surface area contributed by atoms with Gasteiger partial charge in [0, 0.05) is 34.1 Å². The lowest BCUT2D eigenvalue weighted by atomic mass is 10.1. The van der Waals surface area contributed by atoms with Gasteiger partial charge in [0.05, 0.1) is 17.1 Å². The SMILES string of the molecule is Cc1ccc(C#N)cc1Nc1nc2ccc(F)cc2c2c[nH]c(=O)cc12. The molecule has 4 rings (SSSR count). The van der Waals surface area contributed by atoms with E-state index in [-0.39, 0.29) is 11.4 Å². The van der Waals surface area contributed by atoms with Crippen molar-refractivity contribution in [3.05, 3.63) is 76.0 Å². The number of pyridine rings is 2.